The minimum Gasteiger partial charge on any atom is -0.480 e. The third-order valence-electron chi connectivity index (χ3n) is 4.34. The molecule has 3 heterocycles. The average Bonchev–Trinajstić information content (AvgIpc) is 3.32. The molecule has 0 saturated heterocycles. The molecule has 9 heteroatoms. The molecule has 28 heavy (non-hydrogen) atoms. The second kappa shape index (κ2) is 7.35. The highest BCUT2D eigenvalue weighted by Crippen LogP contribution is 2.28. The molecule has 1 N–H and O–H groups in total. The van der Waals surface area contributed by atoms with E-state index >= 15 is 0 Å². The van der Waals surface area contributed by atoms with Crippen molar-refractivity contribution in [2.45, 2.75) is 20.3 Å². The fraction of sp³-hybridized carbons (Fsp3) is 0.211. The molecule has 0 aliphatic carbocycles. The molecular formula is C19H18N6O2S. The van der Waals surface area contributed by atoms with Gasteiger partial charge in [-0.2, -0.15) is 5.10 Å². The molecule has 4 rings (SSSR count). The standard InChI is InChI=1S/C19H18N6O2S/c1-4-13-12(10-20-25(13)15-8-9-16(27-3)24-23-15)18(26)22-19-21-17-11(2)6-5-7-14(17)28-19/h5-10H,4H2,1-3H3,(H,21,22,26). The van der Waals surface area contributed by atoms with E-state index in [0.29, 0.717) is 28.8 Å². The molecule has 8 nitrogen and oxygen atoms in total. The first-order valence-electron chi connectivity index (χ1n) is 8.73. The van der Waals surface area contributed by atoms with Crippen molar-refractivity contribution in [1.82, 2.24) is 25.0 Å². The van der Waals surface area contributed by atoms with E-state index in [1.165, 1.54) is 18.4 Å². The SMILES string of the molecule is CCc1c(C(=O)Nc2nc3c(C)cccc3s2)cnn1-c1ccc(OC)nn1. The Balaban J connectivity index is 1.63. The first-order valence-corrected chi connectivity index (χ1v) is 9.55. The number of methoxy groups -OCH3 is 1. The van der Waals surface area contributed by atoms with Crippen molar-refractivity contribution >= 4 is 32.6 Å². The monoisotopic (exact) mass is 394 g/mol. The van der Waals surface area contributed by atoms with Crippen molar-refractivity contribution in [3.8, 4) is 11.7 Å². The van der Waals surface area contributed by atoms with Gasteiger partial charge >= 0.3 is 0 Å². The normalized spacial score (nSPS) is 11.0. The van der Waals surface area contributed by atoms with Crippen molar-refractivity contribution in [3.63, 3.8) is 0 Å². The van der Waals surface area contributed by atoms with Crippen molar-refractivity contribution < 1.29 is 9.53 Å². The van der Waals surface area contributed by atoms with Gasteiger partial charge in [-0.25, -0.2) is 9.67 Å². The molecule has 0 bridgehead atoms. The van der Waals surface area contributed by atoms with E-state index in [9.17, 15) is 4.79 Å². The van der Waals surface area contributed by atoms with Crippen LogP contribution in [0.2, 0.25) is 0 Å². The fourth-order valence-corrected chi connectivity index (χ4v) is 3.88. The third kappa shape index (κ3) is 3.20. The summed E-state index contributed by atoms with van der Waals surface area (Å²) in [5.74, 6) is 0.687. The van der Waals surface area contributed by atoms with Crippen molar-refractivity contribution in [2.75, 3.05) is 12.4 Å². The molecule has 142 valence electrons. The van der Waals surface area contributed by atoms with Crippen LogP contribution in [-0.2, 0) is 6.42 Å². The number of aryl methyl sites for hydroxylation is 1. The maximum Gasteiger partial charge on any atom is 0.260 e. The zero-order chi connectivity index (χ0) is 19.7. The molecule has 0 atom stereocenters. The van der Waals surface area contributed by atoms with Crippen LogP contribution in [0.3, 0.4) is 0 Å². The van der Waals surface area contributed by atoms with E-state index in [1.54, 1.807) is 23.0 Å². The van der Waals surface area contributed by atoms with Crippen LogP contribution in [-0.4, -0.2) is 38.0 Å². The summed E-state index contributed by atoms with van der Waals surface area (Å²) >= 11 is 1.45. The van der Waals surface area contributed by atoms with Gasteiger partial charge in [0.25, 0.3) is 5.91 Å². The number of benzene rings is 1. The topological polar surface area (TPSA) is 94.8 Å². The van der Waals surface area contributed by atoms with Crippen LogP contribution in [0.15, 0.2) is 36.5 Å². The number of thiazole rings is 1. The van der Waals surface area contributed by atoms with E-state index in [-0.39, 0.29) is 5.91 Å². The van der Waals surface area contributed by atoms with Gasteiger partial charge in [-0.15, -0.1) is 10.2 Å². The lowest BCUT2D eigenvalue weighted by Gasteiger charge is -2.07. The first kappa shape index (κ1) is 18.1. The number of nitrogens with one attached hydrogen (secondary N) is 1. The van der Waals surface area contributed by atoms with Crippen LogP contribution >= 0.6 is 11.3 Å². The van der Waals surface area contributed by atoms with Gasteiger partial charge in [0.15, 0.2) is 10.9 Å². The maximum atomic E-state index is 12.8. The quantitative estimate of drug-likeness (QED) is 0.557. The average molecular weight is 394 g/mol. The minimum atomic E-state index is -0.249. The zero-order valence-corrected chi connectivity index (χ0v) is 16.4. The number of nitrogens with zero attached hydrogens (tertiary/aromatic N) is 5. The highest BCUT2D eigenvalue weighted by Gasteiger charge is 2.19. The summed E-state index contributed by atoms with van der Waals surface area (Å²) in [5.41, 5.74) is 3.21. The Morgan fingerprint density at radius 2 is 2.11 bits per heavy atom. The van der Waals surface area contributed by atoms with Crippen LogP contribution in [0.25, 0.3) is 16.0 Å². The Labute approximate surface area is 165 Å². The number of rotatable bonds is 5. The number of carbonyl (C=O) groups is 1. The fourth-order valence-electron chi connectivity index (χ4n) is 2.94. The lowest BCUT2D eigenvalue weighted by atomic mass is 10.2. The van der Waals surface area contributed by atoms with Crippen molar-refractivity contribution in [3.05, 3.63) is 53.3 Å². The van der Waals surface area contributed by atoms with Gasteiger partial charge in [-0.3, -0.25) is 10.1 Å². The molecule has 0 aliphatic heterocycles. The van der Waals surface area contributed by atoms with E-state index in [1.807, 2.05) is 32.0 Å². The summed E-state index contributed by atoms with van der Waals surface area (Å²) in [7, 11) is 1.53. The number of carbonyl (C=O) groups excluding carboxylic acids is 1. The number of fused-ring (bicyclic) bond motifs is 1. The van der Waals surface area contributed by atoms with Gasteiger partial charge in [-0.05, 0) is 31.0 Å². The molecular weight excluding hydrogens is 376 g/mol. The van der Waals surface area contributed by atoms with Crippen LogP contribution in [0.5, 0.6) is 5.88 Å². The van der Waals surface area contributed by atoms with E-state index in [0.717, 1.165) is 21.5 Å². The molecule has 0 radical (unpaired) electrons. The molecule has 1 amide bonds. The largest absolute Gasteiger partial charge is 0.480 e. The second-order valence-corrected chi connectivity index (χ2v) is 7.13. The van der Waals surface area contributed by atoms with E-state index in [2.05, 4.69) is 25.6 Å². The van der Waals surface area contributed by atoms with Crippen LogP contribution in [0.4, 0.5) is 5.13 Å². The molecule has 1 aromatic carbocycles. The van der Waals surface area contributed by atoms with Crippen molar-refractivity contribution in [1.29, 1.82) is 0 Å². The van der Waals surface area contributed by atoms with Gasteiger partial charge in [0, 0.05) is 6.07 Å². The minimum absolute atomic E-state index is 0.249. The molecule has 4 aromatic rings. The summed E-state index contributed by atoms with van der Waals surface area (Å²) in [5, 5.41) is 15.9. The lowest BCUT2D eigenvalue weighted by Crippen LogP contribution is -2.14. The number of aromatic nitrogens is 5. The predicted molar refractivity (Wildman–Crippen MR) is 107 cm³/mol. The van der Waals surface area contributed by atoms with Gasteiger partial charge < -0.3 is 4.74 Å². The maximum absolute atomic E-state index is 12.8. The Hall–Kier alpha value is -3.33. The van der Waals surface area contributed by atoms with Crippen LogP contribution < -0.4 is 10.1 Å². The van der Waals surface area contributed by atoms with Crippen LogP contribution in [0.1, 0.15) is 28.5 Å². The number of amides is 1. The summed E-state index contributed by atoms with van der Waals surface area (Å²) in [4.78, 5) is 17.4. The molecule has 0 spiro atoms. The summed E-state index contributed by atoms with van der Waals surface area (Å²) in [6.07, 6.45) is 2.15. The molecule has 0 fully saturated rings. The zero-order valence-electron chi connectivity index (χ0n) is 15.6. The van der Waals surface area contributed by atoms with Crippen molar-refractivity contribution in [2.24, 2.45) is 0 Å². The van der Waals surface area contributed by atoms with Crippen LogP contribution in [0, 0.1) is 6.92 Å². The van der Waals surface area contributed by atoms with E-state index < -0.39 is 0 Å². The second-order valence-electron chi connectivity index (χ2n) is 6.10. The third-order valence-corrected chi connectivity index (χ3v) is 5.28. The molecule has 0 unspecified atom stereocenters. The number of hydrogen-bond acceptors (Lipinski definition) is 7. The van der Waals surface area contributed by atoms with Gasteiger partial charge in [-0.1, -0.05) is 30.4 Å². The number of anilines is 1. The lowest BCUT2D eigenvalue weighted by molar-refractivity contribution is 0.102. The van der Waals surface area contributed by atoms with E-state index in [4.69, 9.17) is 4.74 Å². The number of hydrogen-bond donors (Lipinski definition) is 1. The summed E-state index contributed by atoms with van der Waals surface area (Å²) in [6.45, 7) is 3.96. The van der Waals surface area contributed by atoms with Gasteiger partial charge in [0.1, 0.15) is 0 Å². The van der Waals surface area contributed by atoms with Gasteiger partial charge in [0.2, 0.25) is 5.88 Å². The Kier molecular flexibility index (Phi) is 4.74. The number of para-hydroxylation sites is 1. The first-order chi connectivity index (χ1) is 13.6. The van der Waals surface area contributed by atoms with Gasteiger partial charge in [0.05, 0.1) is 34.8 Å². The molecule has 0 aliphatic rings. The smallest absolute Gasteiger partial charge is 0.260 e. The highest BCUT2D eigenvalue weighted by molar-refractivity contribution is 7.22. The number of ether oxygens (including phenoxy) is 1. The summed E-state index contributed by atoms with van der Waals surface area (Å²) in [6, 6.07) is 9.43. The Morgan fingerprint density at radius 1 is 1.25 bits per heavy atom. The molecule has 0 saturated carbocycles. The highest BCUT2D eigenvalue weighted by atomic mass is 32.1. The summed E-state index contributed by atoms with van der Waals surface area (Å²) < 4.78 is 7.68. The molecule has 3 aromatic heterocycles. The Bertz CT molecular complexity index is 1150. The Morgan fingerprint density at radius 3 is 2.79 bits per heavy atom. The predicted octanol–water partition coefficient (Wildman–Crippen LogP) is 3.40.